The molecule has 0 spiro atoms. The number of anilines is 1. The molecule has 6 rings (SSSR count). The van der Waals surface area contributed by atoms with Gasteiger partial charge in [0.05, 0.1) is 47.0 Å². The zero-order valence-corrected chi connectivity index (χ0v) is 18.2. The Morgan fingerprint density at radius 2 is 2.06 bits per heavy atom. The van der Waals surface area contributed by atoms with Crippen molar-refractivity contribution >= 4 is 28.2 Å². The lowest BCUT2D eigenvalue weighted by atomic mass is 10.0. The zero-order chi connectivity index (χ0) is 24.1. The molecule has 0 amide bonds. The SMILES string of the molecule is [C-]#[N+]c1cc2[nH]c(-c3cnn4ccc(N5CCC[C@@H]5c5cc(F)ccc5F)nc34)nc2cc1C#N. The second kappa shape index (κ2) is 7.89. The lowest BCUT2D eigenvalue weighted by molar-refractivity contribution is 0.560. The third kappa shape index (κ3) is 3.35. The van der Waals surface area contributed by atoms with Crippen LogP contribution in [0, 0.1) is 29.5 Å². The molecule has 5 aromatic rings. The van der Waals surface area contributed by atoms with Crippen molar-refractivity contribution in [2.75, 3.05) is 11.4 Å². The molecule has 0 radical (unpaired) electrons. The molecular weight excluding hydrogens is 450 g/mol. The number of nitrogens with zero attached hydrogens (tertiary/aromatic N) is 7. The van der Waals surface area contributed by atoms with Gasteiger partial charge in [-0.25, -0.2) is 28.1 Å². The van der Waals surface area contributed by atoms with Crippen LogP contribution in [0.25, 0.3) is 32.9 Å². The number of H-pyrrole nitrogens is 1. The normalized spacial score (nSPS) is 15.5. The molecule has 8 nitrogen and oxygen atoms in total. The minimum atomic E-state index is -0.472. The number of hydrogen-bond donors (Lipinski definition) is 1. The van der Waals surface area contributed by atoms with Gasteiger partial charge in [0.1, 0.15) is 23.3 Å². The first-order chi connectivity index (χ1) is 17.1. The van der Waals surface area contributed by atoms with E-state index in [1.54, 1.807) is 35.1 Å². The molecule has 1 N–H and O–H groups in total. The van der Waals surface area contributed by atoms with E-state index >= 15 is 0 Å². The Morgan fingerprint density at radius 3 is 2.89 bits per heavy atom. The highest BCUT2D eigenvalue weighted by Gasteiger charge is 2.30. The van der Waals surface area contributed by atoms with Gasteiger partial charge in [-0.2, -0.15) is 10.4 Å². The van der Waals surface area contributed by atoms with Gasteiger partial charge in [-0.15, -0.1) is 0 Å². The van der Waals surface area contributed by atoms with E-state index in [-0.39, 0.29) is 17.3 Å². The van der Waals surface area contributed by atoms with Crippen LogP contribution in [0.15, 0.2) is 48.8 Å². The molecule has 0 unspecified atom stereocenters. The summed E-state index contributed by atoms with van der Waals surface area (Å²) >= 11 is 0. The first-order valence-electron chi connectivity index (χ1n) is 10.9. The quantitative estimate of drug-likeness (QED) is 0.364. The van der Waals surface area contributed by atoms with E-state index in [2.05, 4.69) is 19.9 Å². The van der Waals surface area contributed by atoms with Crippen molar-refractivity contribution in [3.05, 3.63) is 83.0 Å². The summed E-state index contributed by atoms with van der Waals surface area (Å²) in [6.07, 6.45) is 4.92. The van der Waals surface area contributed by atoms with E-state index in [1.165, 1.54) is 6.07 Å². The van der Waals surface area contributed by atoms with Crippen LogP contribution in [0.4, 0.5) is 20.3 Å². The molecular formula is C25H16F2N8. The molecule has 0 aliphatic carbocycles. The van der Waals surface area contributed by atoms with Crippen LogP contribution >= 0.6 is 0 Å². The molecule has 0 bridgehead atoms. The predicted octanol–water partition coefficient (Wildman–Crippen LogP) is 5.31. The van der Waals surface area contributed by atoms with Crippen molar-refractivity contribution in [1.29, 1.82) is 5.26 Å². The van der Waals surface area contributed by atoms with Crippen LogP contribution in [0.2, 0.25) is 0 Å². The fraction of sp³-hybridized carbons (Fsp3) is 0.160. The topological polar surface area (TPSA) is 90.3 Å². The van der Waals surface area contributed by atoms with Crippen LogP contribution in [-0.2, 0) is 0 Å². The van der Waals surface area contributed by atoms with Gasteiger partial charge in [0, 0.05) is 18.3 Å². The summed E-state index contributed by atoms with van der Waals surface area (Å²) in [6.45, 7) is 7.95. The van der Waals surface area contributed by atoms with Gasteiger partial charge in [0.2, 0.25) is 5.69 Å². The fourth-order valence-electron chi connectivity index (χ4n) is 4.68. The molecule has 1 atom stereocenters. The lowest BCUT2D eigenvalue weighted by Gasteiger charge is -2.26. The first-order valence-corrected chi connectivity index (χ1v) is 10.9. The van der Waals surface area contributed by atoms with E-state index < -0.39 is 11.6 Å². The van der Waals surface area contributed by atoms with Crippen molar-refractivity contribution in [1.82, 2.24) is 24.6 Å². The van der Waals surface area contributed by atoms with E-state index in [0.29, 0.717) is 52.4 Å². The molecule has 0 saturated carbocycles. The Labute approximate surface area is 197 Å². The summed E-state index contributed by atoms with van der Waals surface area (Å²) in [5, 5.41) is 13.7. The molecule has 2 aromatic carbocycles. The minimum Gasteiger partial charge on any atom is -0.349 e. The summed E-state index contributed by atoms with van der Waals surface area (Å²) in [7, 11) is 0. The maximum atomic E-state index is 14.5. The molecule has 3 aromatic heterocycles. The summed E-state index contributed by atoms with van der Waals surface area (Å²) in [5.41, 5.74) is 3.19. The second-order valence-corrected chi connectivity index (χ2v) is 8.32. The summed E-state index contributed by atoms with van der Waals surface area (Å²) in [6, 6.07) is 10.2. The number of aromatic nitrogens is 5. The van der Waals surface area contributed by atoms with Crippen molar-refractivity contribution < 1.29 is 8.78 Å². The van der Waals surface area contributed by atoms with Crippen molar-refractivity contribution in [2.45, 2.75) is 18.9 Å². The number of nitriles is 1. The summed E-state index contributed by atoms with van der Waals surface area (Å²) in [4.78, 5) is 18.0. The smallest absolute Gasteiger partial charge is 0.206 e. The van der Waals surface area contributed by atoms with Crippen molar-refractivity contribution in [3.63, 3.8) is 0 Å². The van der Waals surface area contributed by atoms with Gasteiger partial charge in [-0.3, -0.25) is 0 Å². The van der Waals surface area contributed by atoms with Gasteiger partial charge < -0.3 is 9.88 Å². The number of fused-ring (bicyclic) bond motifs is 2. The number of aromatic amines is 1. The molecule has 1 aliphatic rings. The zero-order valence-electron chi connectivity index (χ0n) is 18.2. The number of benzene rings is 2. The Kier molecular flexibility index (Phi) is 4.68. The molecule has 4 heterocycles. The van der Waals surface area contributed by atoms with E-state index in [4.69, 9.17) is 11.6 Å². The third-order valence-electron chi connectivity index (χ3n) is 6.31. The van der Waals surface area contributed by atoms with Gasteiger partial charge in [0.15, 0.2) is 5.65 Å². The maximum Gasteiger partial charge on any atom is 0.206 e. The Balaban J connectivity index is 1.43. The summed E-state index contributed by atoms with van der Waals surface area (Å²) in [5.74, 6) is 0.219. The molecule has 1 aliphatic heterocycles. The van der Waals surface area contributed by atoms with Crippen molar-refractivity contribution in [3.8, 4) is 17.5 Å². The maximum absolute atomic E-state index is 14.5. The number of rotatable bonds is 3. The largest absolute Gasteiger partial charge is 0.349 e. The minimum absolute atomic E-state index is 0.250. The fourth-order valence-corrected chi connectivity index (χ4v) is 4.68. The highest BCUT2D eigenvalue weighted by Crippen LogP contribution is 2.37. The monoisotopic (exact) mass is 466 g/mol. The van der Waals surface area contributed by atoms with E-state index in [1.807, 2.05) is 11.0 Å². The highest BCUT2D eigenvalue weighted by atomic mass is 19.1. The average Bonchev–Trinajstić information content (AvgIpc) is 3.61. The van der Waals surface area contributed by atoms with Crippen LogP contribution in [0.1, 0.15) is 30.0 Å². The predicted molar refractivity (Wildman–Crippen MR) is 125 cm³/mol. The molecule has 35 heavy (non-hydrogen) atoms. The average molecular weight is 466 g/mol. The van der Waals surface area contributed by atoms with E-state index in [0.717, 1.165) is 18.6 Å². The lowest BCUT2D eigenvalue weighted by Crippen LogP contribution is -2.24. The number of imidazole rings is 1. The van der Waals surface area contributed by atoms with Gasteiger partial charge in [-0.05, 0) is 49.2 Å². The third-order valence-corrected chi connectivity index (χ3v) is 6.31. The highest BCUT2D eigenvalue weighted by molar-refractivity contribution is 5.87. The number of halogens is 2. The Bertz CT molecular complexity index is 1650. The molecule has 10 heteroatoms. The number of nitrogens with one attached hydrogen (secondary N) is 1. The summed E-state index contributed by atoms with van der Waals surface area (Å²) < 4.78 is 30.0. The molecule has 170 valence electrons. The Morgan fingerprint density at radius 1 is 1.17 bits per heavy atom. The molecule has 1 fully saturated rings. The Hall–Kier alpha value is -4.83. The van der Waals surface area contributed by atoms with Crippen molar-refractivity contribution in [2.24, 2.45) is 0 Å². The van der Waals surface area contributed by atoms with Gasteiger partial charge in [0.25, 0.3) is 0 Å². The van der Waals surface area contributed by atoms with Crippen LogP contribution in [0.5, 0.6) is 0 Å². The van der Waals surface area contributed by atoms with E-state index in [9.17, 15) is 14.0 Å². The van der Waals surface area contributed by atoms with Crippen LogP contribution in [0.3, 0.4) is 0 Å². The van der Waals surface area contributed by atoms with Gasteiger partial charge >= 0.3 is 0 Å². The standard InChI is InChI=1S/C25H16F2N8/c1-29-19-11-21-20(9-14(19)12-28)31-24(32-21)17-13-30-35-8-6-23(33-25(17)35)34-7-2-3-22(34)16-10-15(26)4-5-18(16)27/h4-6,8-11,13,22H,2-3,7H2,(H,31,32)/t22-/m1/s1. The van der Waals surface area contributed by atoms with Crippen LogP contribution in [-0.4, -0.2) is 31.1 Å². The first kappa shape index (κ1) is 20.8. The second-order valence-electron chi connectivity index (χ2n) is 8.32. The molecule has 1 saturated heterocycles. The van der Waals surface area contributed by atoms with Crippen LogP contribution < -0.4 is 4.90 Å². The number of hydrogen-bond acceptors (Lipinski definition) is 5. The van der Waals surface area contributed by atoms with Gasteiger partial charge in [-0.1, -0.05) is 0 Å².